The molecule has 4 heteroatoms. The van der Waals surface area contributed by atoms with Gasteiger partial charge in [-0.25, -0.2) is 0 Å². The van der Waals surface area contributed by atoms with Gasteiger partial charge < -0.3 is 9.64 Å². The fourth-order valence-electron chi connectivity index (χ4n) is 4.05. The maximum absolute atomic E-state index is 12.9. The van der Waals surface area contributed by atoms with Crippen molar-refractivity contribution in [1.29, 1.82) is 0 Å². The predicted molar refractivity (Wildman–Crippen MR) is 101 cm³/mol. The van der Waals surface area contributed by atoms with Crippen molar-refractivity contribution in [3.05, 3.63) is 36.0 Å². The number of fused-ring (bicyclic) bond motifs is 1. The van der Waals surface area contributed by atoms with Gasteiger partial charge in [0.05, 0.1) is 12.6 Å². The van der Waals surface area contributed by atoms with Crippen LogP contribution < -0.4 is 4.74 Å². The average Bonchev–Trinajstić information content (AvgIpc) is 2.65. The van der Waals surface area contributed by atoms with Gasteiger partial charge in [0.15, 0.2) is 5.78 Å². The molecule has 0 saturated carbocycles. The zero-order valence-electron chi connectivity index (χ0n) is 15.5. The number of aromatic nitrogens is 1. The molecule has 1 aromatic heterocycles. The van der Waals surface area contributed by atoms with Gasteiger partial charge in [0.25, 0.3) is 0 Å². The van der Waals surface area contributed by atoms with E-state index in [1.54, 1.807) is 13.3 Å². The number of methoxy groups -OCH3 is 1. The van der Waals surface area contributed by atoms with Crippen LogP contribution in [0.15, 0.2) is 30.5 Å². The van der Waals surface area contributed by atoms with Crippen molar-refractivity contribution in [2.24, 2.45) is 11.8 Å². The van der Waals surface area contributed by atoms with Crippen LogP contribution in [0.3, 0.4) is 0 Å². The van der Waals surface area contributed by atoms with Gasteiger partial charge in [-0.2, -0.15) is 0 Å². The van der Waals surface area contributed by atoms with Gasteiger partial charge in [-0.1, -0.05) is 13.3 Å². The summed E-state index contributed by atoms with van der Waals surface area (Å²) in [6, 6.07) is 7.55. The van der Waals surface area contributed by atoms with E-state index in [0.29, 0.717) is 18.3 Å². The maximum Gasteiger partial charge on any atom is 0.163 e. The van der Waals surface area contributed by atoms with Crippen LogP contribution in [0.1, 0.15) is 43.0 Å². The van der Waals surface area contributed by atoms with E-state index in [4.69, 9.17) is 4.74 Å². The van der Waals surface area contributed by atoms with E-state index in [1.165, 1.54) is 12.8 Å². The number of likely N-dealkylation sites (tertiary alicyclic amines) is 1. The first-order chi connectivity index (χ1) is 12.1. The number of pyridine rings is 1. The van der Waals surface area contributed by atoms with Crippen LogP contribution in [0.2, 0.25) is 0 Å². The lowest BCUT2D eigenvalue weighted by Gasteiger charge is -2.36. The van der Waals surface area contributed by atoms with Crippen molar-refractivity contribution in [3.8, 4) is 5.75 Å². The molecule has 0 radical (unpaired) electrons. The van der Waals surface area contributed by atoms with Gasteiger partial charge >= 0.3 is 0 Å². The molecular formula is C21H28N2O2. The van der Waals surface area contributed by atoms with Gasteiger partial charge in [0, 0.05) is 30.1 Å². The fraction of sp³-hybridized carbons (Fsp3) is 0.524. The zero-order valence-corrected chi connectivity index (χ0v) is 15.5. The normalized spacial score (nSPS) is 21.4. The van der Waals surface area contributed by atoms with Crippen LogP contribution >= 0.6 is 0 Å². The van der Waals surface area contributed by atoms with Crippen molar-refractivity contribution in [2.75, 3.05) is 27.2 Å². The molecule has 1 aliphatic rings. The Morgan fingerprint density at radius 2 is 2.16 bits per heavy atom. The number of ether oxygens (including phenoxy) is 1. The molecule has 25 heavy (non-hydrogen) atoms. The second-order valence-electron chi connectivity index (χ2n) is 7.18. The lowest BCUT2D eigenvalue weighted by atomic mass is 9.80. The molecule has 0 amide bonds. The SMILES string of the molecule is CC[C@H]1CN(C)CC[C@H]1CCC(=O)c1ccnc2ccc(OC)cc12. The number of carbonyl (C=O) groups is 1. The van der Waals surface area contributed by atoms with Gasteiger partial charge in [-0.05, 0) is 62.5 Å². The number of rotatable bonds is 6. The number of hydrogen-bond acceptors (Lipinski definition) is 4. The van der Waals surface area contributed by atoms with E-state index in [-0.39, 0.29) is 5.78 Å². The summed E-state index contributed by atoms with van der Waals surface area (Å²) in [5.74, 6) is 2.35. The van der Waals surface area contributed by atoms with Gasteiger partial charge in [-0.15, -0.1) is 0 Å². The number of benzene rings is 1. The molecule has 1 aromatic carbocycles. The minimum atomic E-state index is 0.217. The van der Waals surface area contributed by atoms with E-state index in [0.717, 1.165) is 41.7 Å². The smallest absolute Gasteiger partial charge is 0.163 e. The molecule has 0 aliphatic carbocycles. The average molecular weight is 340 g/mol. The minimum absolute atomic E-state index is 0.217. The summed E-state index contributed by atoms with van der Waals surface area (Å²) in [5.41, 5.74) is 1.61. The number of ketones is 1. The van der Waals surface area contributed by atoms with E-state index < -0.39 is 0 Å². The highest BCUT2D eigenvalue weighted by Crippen LogP contribution is 2.30. The number of hydrogen-bond donors (Lipinski definition) is 0. The van der Waals surface area contributed by atoms with Crippen LogP contribution in [0.4, 0.5) is 0 Å². The van der Waals surface area contributed by atoms with Gasteiger partial charge in [0.2, 0.25) is 0 Å². The van der Waals surface area contributed by atoms with E-state index in [1.807, 2.05) is 24.3 Å². The molecule has 4 nitrogen and oxygen atoms in total. The zero-order chi connectivity index (χ0) is 17.8. The molecule has 2 atom stereocenters. The van der Waals surface area contributed by atoms with Gasteiger partial charge in [-0.3, -0.25) is 9.78 Å². The summed E-state index contributed by atoms with van der Waals surface area (Å²) in [5, 5.41) is 0.891. The Balaban J connectivity index is 1.74. The lowest BCUT2D eigenvalue weighted by Crippen LogP contribution is -2.37. The number of carbonyl (C=O) groups excluding carboxylic acids is 1. The molecule has 1 aliphatic heterocycles. The molecule has 3 rings (SSSR count). The summed E-state index contributed by atoms with van der Waals surface area (Å²) in [4.78, 5) is 19.7. The van der Waals surface area contributed by atoms with E-state index in [2.05, 4.69) is 23.9 Å². The van der Waals surface area contributed by atoms with Crippen LogP contribution in [0, 0.1) is 11.8 Å². The molecule has 1 fully saturated rings. The second-order valence-corrected chi connectivity index (χ2v) is 7.18. The number of piperidine rings is 1. The summed E-state index contributed by atoms with van der Waals surface area (Å²) in [6.45, 7) is 4.57. The summed E-state index contributed by atoms with van der Waals surface area (Å²) in [6.07, 6.45) is 5.72. The fourth-order valence-corrected chi connectivity index (χ4v) is 4.05. The van der Waals surface area contributed by atoms with Crippen LogP contribution in [-0.4, -0.2) is 42.9 Å². The third-order valence-electron chi connectivity index (χ3n) is 5.61. The Hall–Kier alpha value is -1.94. The molecule has 1 saturated heterocycles. The van der Waals surface area contributed by atoms with Gasteiger partial charge in [0.1, 0.15) is 5.75 Å². The Bertz CT molecular complexity index is 744. The highest BCUT2D eigenvalue weighted by molar-refractivity contribution is 6.07. The molecule has 2 heterocycles. The highest BCUT2D eigenvalue weighted by Gasteiger charge is 2.26. The lowest BCUT2D eigenvalue weighted by molar-refractivity contribution is 0.0935. The summed E-state index contributed by atoms with van der Waals surface area (Å²) >= 11 is 0. The largest absolute Gasteiger partial charge is 0.497 e. The summed E-state index contributed by atoms with van der Waals surface area (Å²) in [7, 11) is 3.84. The third kappa shape index (κ3) is 4.01. The monoisotopic (exact) mass is 340 g/mol. The summed E-state index contributed by atoms with van der Waals surface area (Å²) < 4.78 is 5.31. The van der Waals surface area contributed by atoms with Crippen molar-refractivity contribution in [2.45, 2.75) is 32.6 Å². The first kappa shape index (κ1) is 17.9. The molecule has 0 bridgehead atoms. The topological polar surface area (TPSA) is 42.4 Å². The van der Waals surface area contributed by atoms with E-state index in [9.17, 15) is 4.79 Å². The van der Waals surface area contributed by atoms with Crippen LogP contribution in [-0.2, 0) is 0 Å². The van der Waals surface area contributed by atoms with Crippen LogP contribution in [0.5, 0.6) is 5.75 Å². The number of nitrogens with zero attached hydrogens (tertiary/aromatic N) is 2. The Morgan fingerprint density at radius 1 is 1.32 bits per heavy atom. The second kappa shape index (κ2) is 7.96. The molecular weight excluding hydrogens is 312 g/mol. The Morgan fingerprint density at radius 3 is 2.92 bits per heavy atom. The molecule has 0 N–H and O–H groups in total. The maximum atomic E-state index is 12.9. The Labute approximate surface area is 150 Å². The quantitative estimate of drug-likeness (QED) is 0.740. The molecule has 0 unspecified atom stereocenters. The molecule has 134 valence electrons. The number of Topliss-reactive ketones (excluding diaryl/α,β-unsaturated/α-hetero) is 1. The molecule has 0 spiro atoms. The first-order valence-corrected chi connectivity index (χ1v) is 9.27. The van der Waals surface area contributed by atoms with Crippen molar-refractivity contribution >= 4 is 16.7 Å². The minimum Gasteiger partial charge on any atom is -0.497 e. The Kier molecular flexibility index (Phi) is 5.69. The van der Waals surface area contributed by atoms with Crippen LogP contribution in [0.25, 0.3) is 10.9 Å². The van der Waals surface area contributed by atoms with Crippen molar-refractivity contribution in [3.63, 3.8) is 0 Å². The third-order valence-corrected chi connectivity index (χ3v) is 5.61. The molecule has 2 aromatic rings. The predicted octanol–water partition coefficient (Wildman–Crippen LogP) is 4.18. The highest BCUT2D eigenvalue weighted by atomic mass is 16.5. The van der Waals surface area contributed by atoms with Crippen molar-refractivity contribution < 1.29 is 9.53 Å². The first-order valence-electron chi connectivity index (χ1n) is 9.27. The van der Waals surface area contributed by atoms with E-state index >= 15 is 0 Å². The van der Waals surface area contributed by atoms with Crippen molar-refractivity contribution in [1.82, 2.24) is 9.88 Å². The standard InChI is InChI=1S/C21H28N2O2/c1-4-15-14-23(2)12-10-16(15)5-8-21(24)18-9-11-22-20-7-6-17(25-3)13-19(18)20/h6-7,9,11,13,15-16H,4-5,8,10,12,14H2,1-3H3/t15-,16+/m0/s1.